The minimum atomic E-state index is -3.51. The van der Waals surface area contributed by atoms with E-state index in [1.54, 1.807) is 30.3 Å². The van der Waals surface area contributed by atoms with Gasteiger partial charge in [0.05, 0.1) is 11.1 Å². The molecule has 114 valence electrons. The van der Waals surface area contributed by atoms with Crippen LogP contribution in [0.25, 0.3) is 6.08 Å². The molecule has 1 heterocycles. The second kappa shape index (κ2) is 5.78. The van der Waals surface area contributed by atoms with Crippen molar-refractivity contribution in [1.29, 1.82) is 0 Å². The smallest absolute Gasteiger partial charge is 0.257 e. The molecule has 0 bridgehead atoms. The maximum atomic E-state index is 12.7. The highest BCUT2D eigenvalue weighted by Gasteiger charge is 2.33. The van der Waals surface area contributed by atoms with Crippen LogP contribution in [-0.4, -0.2) is 14.5 Å². The second-order valence-electron chi connectivity index (χ2n) is 5.38. The van der Waals surface area contributed by atoms with Gasteiger partial charge in [0, 0.05) is 11.1 Å². The van der Waals surface area contributed by atoms with Crippen LogP contribution in [0.5, 0.6) is 0 Å². The first-order valence-corrected chi connectivity index (χ1v) is 8.91. The molecule has 0 fully saturated rings. The van der Waals surface area contributed by atoms with Gasteiger partial charge in [-0.3, -0.25) is 4.31 Å². The molecular formula is C17H16ClNO2S. The minimum Gasteiger partial charge on any atom is -0.263 e. The molecule has 0 aromatic heterocycles. The van der Waals surface area contributed by atoms with Gasteiger partial charge in [-0.15, -0.1) is 0 Å². The van der Waals surface area contributed by atoms with Crippen LogP contribution in [0.3, 0.4) is 0 Å². The first-order valence-electron chi connectivity index (χ1n) is 7.03. The molecule has 22 heavy (non-hydrogen) atoms. The predicted molar refractivity (Wildman–Crippen MR) is 91.5 cm³/mol. The van der Waals surface area contributed by atoms with Crippen LogP contribution in [-0.2, 0) is 16.4 Å². The molecule has 2 aromatic rings. The van der Waals surface area contributed by atoms with Crippen LogP contribution in [0.2, 0.25) is 5.02 Å². The summed E-state index contributed by atoms with van der Waals surface area (Å²) in [4.78, 5) is 0. The standard InChI is InChI=1S/C17H16ClNO2S/c1-13-12-15-4-2-3-5-17(15)19(13)22(20,21)11-10-14-6-8-16(18)9-7-14/h2-11,13H,12H2,1H3/b11-10+/t13-/m0/s1. The molecule has 0 radical (unpaired) electrons. The maximum absolute atomic E-state index is 12.7. The van der Waals surface area contributed by atoms with Crippen molar-refractivity contribution >= 4 is 33.4 Å². The third-order valence-corrected chi connectivity index (χ3v) is 5.56. The zero-order chi connectivity index (χ0) is 15.7. The minimum absolute atomic E-state index is 0.0720. The van der Waals surface area contributed by atoms with E-state index in [0.29, 0.717) is 5.02 Å². The Kier molecular flexibility index (Phi) is 3.98. The molecule has 1 aliphatic heterocycles. The summed E-state index contributed by atoms with van der Waals surface area (Å²) in [6, 6.07) is 14.6. The molecule has 0 saturated heterocycles. The Morgan fingerprint density at radius 2 is 1.82 bits per heavy atom. The lowest BCUT2D eigenvalue weighted by Crippen LogP contribution is -2.34. The SMILES string of the molecule is C[C@H]1Cc2ccccc2N1S(=O)(=O)/C=C/c1ccc(Cl)cc1. The Balaban J connectivity index is 1.92. The van der Waals surface area contributed by atoms with Gasteiger partial charge in [-0.1, -0.05) is 41.9 Å². The number of anilines is 1. The Hall–Kier alpha value is -1.78. The van der Waals surface area contributed by atoms with Crippen LogP contribution in [0.15, 0.2) is 53.9 Å². The van der Waals surface area contributed by atoms with E-state index in [9.17, 15) is 8.42 Å². The fourth-order valence-corrected chi connectivity index (χ4v) is 4.34. The summed E-state index contributed by atoms with van der Waals surface area (Å²) >= 11 is 5.83. The van der Waals surface area contributed by atoms with Crippen molar-refractivity contribution in [2.24, 2.45) is 0 Å². The fourth-order valence-electron chi connectivity index (χ4n) is 2.73. The number of nitrogens with zero attached hydrogens (tertiary/aromatic N) is 1. The van der Waals surface area contributed by atoms with Crippen LogP contribution in [0.1, 0.15) is 18.1 Å². The highest BCUT2D eigenvalue weighted by Crippen LogP contribution is 2.34. The van der Waals surface area contributed by atoms with Gasteiger partial charge in [-0.2, -0.15) is 0 Å². The third-order valence-electron chi connectivity index (χ3n) is 3.72. The highest BCUT2D eigenvalue weighted by atomic mass is 35.5. The van der Waals surface area contributed by atoms with Gasteiger partial charge in [-0.05, 0) is 48.7 Å². The van der Waals surface area contributed by atoms with E-state index in [1.807, 2.05) is 31.2 Å². The van der Waals surface area contributed by atoms with Crippen LogP contribution in [0, 0.1) is 0 Å². The normalized spacial score (nSPS) is 17.9. The van der Waals surface area contributed by atoms with Crippen molar-refractivity contribution in [1.82, 2.24) is 0 Å². The molecule has 3 nitrogen and oxygen atoms in total. The first-order chi connectivity index (χ1) is 10.5. The Labute approximate surface area is 135 Å². The molecule has 5 heteroatoms. The Morgan fingerprint density at radius 1 is 1.14 bits per heavy atom. The van der Waals surface area contributed by atoms with Crippen molar-refractivity contribution in [2.45, 2.75) is 19.4 Å². The van der Waals surface area contributed by atoms with Gasteiger partial charge >= 0.3 is 0 Å². The lowest BCUT2D eigenvalue weighted by molar-refractivity contribution is 0.593. The first kappa shape index (κ1) is 15.1. The van der Waals surface area contributed by atoms with Crippen molar-refractivity contribution in [3.63, 3.8) is 0 Å². The topological polar surface area (TPSA) is 37.4 Å². The van der Waals surface area contributed by atoms with E-state index in [1.165, 1.54) is 9.71 Å². The van der Waals surface area contributed by atoms with Crippen molar-refractivity contribution in [3.05, 3.63) is 70.1 Å². The average Bonchev–Trinajstić information content (AvgIpc) is 2.83. The van der Waals surface area contributed by atoms with E-state index < -0.39 is 10.0 Å². The molecular weight excluding hydrogens is 318 g/mol. The van der Waals surface area contributed by atoms with Gasteiger partial charge in [0.15, 0.2) is 0 Å². The van der Waals surface area contributed by atoms with E-state index in [-0.39, 0.29) is 6.04 Å². The van der Waals surface area contributed by atoms with Gasteiger partial charge in [0.1, 0.15) is 0 Å². The summed E-state index contributed by atoms with van der Waals surface area (Å²) in [6.45, 7) is 1.92. The van der Waals surface area contributed by atoms with Crippen LogP contribution >= 0.6 is 11.6 Å². The van der Waals surface area contributed by atoms with E-state index in [0.717, 1.165) is 23.2 Å². The molecule has 0 unspecified atom stereocenters. The summed E-state index contributed by atoms with van der Waals surface area (Å²) in [5.41, 5.74) is 2.64. The summed E-state index contributed by atoms with van der Waals surface area (Å²) in [5.74, 6) is 0. The molecule has 0 aliphatic carbocycles. The number of para-hydroxylation sites is 1. The highest BCUT2D eigenvalue weighted by molar-refractivity contribution is 7.95. The Bertz CT molecular complexity index is 813. The maximum Gasteiger partial charge on any atom is 0.257 e. The number of rotatable bonds is 3. The summed E-state index contributed by atoms with van der Waals surface area (Å²) < 4.78 is 26.8. The van der Waals surface area contributed by atoms with Crippen LogP contribution in [0.4, 0.5) is 5.69 Å². The molecule has 2 aromatic carbocycles. The largest absolute Gasteiger partial charge is 0.263 e. The molecule has 3 rings (SSSR count). The second-order valence-corrected chi connectivity index (χ2v) is 7.51. The van der Waals surface area contributed by atoms with Gasteiger partial charge in [0.25, 0.3) is 10.0 Å². The summed E-state index contributed by atoms with van der Waals surface area (Å²) in [6.07, 6.45) is 2.34. The number of sulfonamides is 1. The van der Waals surface area contributed by atoms with E-state index in [2.05, 4.69) is 0 Å². The molecule has 1 aliphatic rings. The average molecular weight is 334 g/mol. The number of hydrogen-bond acceptors (Lipinski definition) is 2. The van der Waals surface area contributed by atoms with E-state index in [4.69, 9.17) is 11.6 Å². The van der Waals surface area contributed by atoms with Gasteiger partial charge in [-0.25, -0.2) is 8.42 Å². The van der Waals surface area contributed by atoms with Gasteiger partial charge < -0.3 is 0 Å². The monoisotopic (exact) mass is 333 g/mol. The summed E-state index contributed by atoms with van der Waals surface area (Å²) in [5, 5.41) is 1.89. The number of fused-ring (bicyclic) bond motifs is 1. The molecule has 1 atom stereocenters. The number of halogens is 1. The van der Waals surface area contributed by atoms with Crippen LogP contribution < -0.4 is 4.31 Å². The van der Waals surface area contributed by atoms with Crippen molar-refractivity contribution < 1.29 is 8.42 Å². The zero-order valence-corrected chi connectivity index (χ0v) is 13.7. The zero-order valence-electron chi connectivity index (χ0n) is 12.1. The fraction of sp³-hybridized carbons (Fsp3) is 0.176. The molecule has 0 N–H and O–H groups in total. The summed E-state index contributed by atoms with van der Waals surface area (Å²) in [7, 11) is -3.51. The molecule has 0 saturated carbocycles. The lowest BCUT2D eigenvalue weighted by atomic mass is 10.1. The van der Waals surface area contributed by atoms with Crippen molar-refractivity contribution in [3.8, 4) is 0 Å². The predicted octanol–water partition coefficient (Wildman–Crippen LogP) is 4.09. The molecule has 0 amide bonds. The van der Waals surface area contributed by atoms with Gasteiger partial charge in [0.2, 0.25) is 0 Å². The number of hydrogen-bond donors (Lipinski definition) is 0. The molecule has 0 spiro atoms. The number of benzene rings is 2. The Morgan fingerprint density at radius 3 is 2.55 bits per heavy atom. The van der Waals surface area contributed by atoms with E-state index >= 15 is 0 Å². The lowest BCUT2D eigenvalue weighted by Gasteiger charge is -2.22. The third kappa shape index (κ3) is 2.89. The van der Waals surface area contributed by atoms with Crippen molar-refractivity contribution in [2.75, 3.05) is 4.31 Å². The quantitative estimate of drug-likeness (QED) is 0.848.